The van der Waals surface area contributed by atoms with Crippen LogP contribution in [-0.4, -0.2) is 56.2 Å². The van der Waals surface area contributed by atoms with E-state index in [0.29, 0.717) is 18.8 Å². The van der Waals surface area contributed by atoms with Crippen molar-refractivity contribution < 1.29 is 13.6 Å². The van der Waals surface area contributed by atoms with E-state index in [4.69, 9.17) is 4.98 Å². The number of nitrogens with one attached hydrogen (secondary N) is 4. The van der Waals surface area contributed by atoms with Crippen LogP contribution in [0, 0.1) is 11.6 Å². The van der Waals surface area contributed by atoms with Gasteiger partial charge >= 0.3 is 0 Å². The van der Waals surface area contributed by atoms with E-state index in [1.54, 1.807) is 12.1 Å². The maximum atomic E-state index is 16.1. The molecule has 4 saturated heterocycles. The summed E-state index contributed by atoms with van der Waals surface area (Å²) in [5.41, 5.74) is 5.43. The molecule has 4 aliphatic heterocycles. The molecule has 49 heavy (non-hydrogen) atoms. The van der Waals surface area contributed by atoms with Crippen molar-refractivity contribution in [1.29, 1.82) is 0 Å². The normalized spacial score (nSPS) is 25.4. The number of fused-ring (bicyclic) bond motifs is 1. The predicted molar refractivity (Wildman–Crippen MR) is 195 cm³/mol. The number of nitrogens with zero attached hydrogens (tertiary/aromatic N) is 3. The highest BCUT2D eigenvalue weighted by Gasteiger charge is 2.38. The third-order valence-electron chi connectivity index (χ3n) is 11.4. The molecule has 4 aromatic rings. The summed E-state index contributed by atoms with van der Waals surface area (Å²) in [4.78, 5) is 25.3. The molecule has 4 atom stereocenters. The van der Waals surface area contributed by atoms with Crippen LogP contribution in [0.2, 0.25) is 25.2 Å². The molecule has 0 bridgehead atoms. The second kappa shape index (κ2) is 13.1. The number of imidazole rings is 1. The van der Waals surface area contributed by atoms with Crippen LogP contribution in [0.4, 0.5) is 25.8 Å². The Kier molecular flexibility index (Phi) is 8.70. The minimum Gasteiger partial charge on any atom is -0.367 e. The first-order valence-corrected chi connectivity index (χ1v) is 21.5. The second-order valence-electron chi connectivity index (χ2n) is 15.2. The van der Waals surface area contributed by atoms with Gasteiger partial charge in [-0.15, -0.1) is 0 Å². The van der Waals surface area contributed by atoms with Crippen LogP contribution >= 0.6 is 0 Å². The Morgan fingerprint density at radius 3 is 2.20 bits per heavy atom. The first-order valence-electron chi connectivity index (χ1n) is 18.1. The van der Waals surface area contributed by atoms with E-state index >= 15 is 8.78 Å². The molecule has 11 heteroatoms. The fourth-order valence-electron chi connectivity index (χ4n) is 8.43. The van der Waals surface area contributed by atoms with Crippen LogP contribution in [0.5, 0.6) is 0 Å². The molecule has 8 rings (SSSR count). The fraction of sp³-hybridized carbons (Fsp3) is 0.474. The molecular weight excluding hydrogens is 637 g/mol. The van der Waals surface area contributed by atoms with E-state index < -0.39 is 19.7 Å². The van der Waals surface area contributed by atoms with Gasteiger partial charge < -0.3 is 30.7 Å². The molecule has 1 aromatic heterocycles. The lowest BCUT2D eigenvalue weighted by Crippen LogP contribution is -2.43. The van der Waals surface area contributed by atoms with Crippen LogP contribution in [0.1, 0.15) is 73.6 Å². The van der Waals surface area contributed by atoms with Gasteiger partial charge in [-0.1, -0.05) is 31.3 Å². The molecule has 1 amide bonds. The van der Waals surface area contributed by atoms with Crippen molar-refractivity contribution >= 4 is 42.1 Å². The van der Waals surface area contributed by atoms with Crippen molar-refractivity contribution in [2.24, 2.45) is 0 Å². The Hall–Kier alpha value is -3.80. The third kappa shape index (κ3) is 6.48. The summed E-state index contributed by atoms with van der Waals surface area (Å²) in [6, 6.07) is 19.3. The summed E-state index contributed by atoms with van der Waals surface area (Å²) in [6.07, 6.45) is 5.69. The average molecular weight is 684 g/mol. The van der Waals surface area contributed by atoms with Gasteiger partial charge in [0.25, 0.3) is 0 Å². The number of hydrogen-bond donors (Lipinski definition) is 4. The molecular formula is C38H47F2N7OSi. The molecule has 4 N–H and O–H groups in total. The molecule has 3 aromatic carbocycles. The average Bonchev–Trinajstić information content (AvgIpc) is 3.92. The van der Waals surface area contributed by atoms with Crippen molar-refractivity contribution in [3.63, 3.8) is 0 Å². The van der Waals surface area contributed by atoms with Crippen molar-refractivity contribution in [3.05, 3.63) is 83.2 Å². The van der Waals surface area contributed by atoms with Gasteiger partial charge in [0.05, 0.1) is 43.3 Å². The van der Waals surface area contributed by atoms with Gasteiger partial charge in [0, 0.05) is 24.5 Å². The molecule has 4 aliphatic rings. The van der Waals surface area contributed by atoms with Gasteiger partial charge in [-0.05, 0) is 111 Å². The Labute approximate surface area is 288 Å². The molecule has 4 fully saturated rings. The number of benzene rings is 3. The van der Waals surface area contributed by atoms with Gasteiger partial charge in [0.1, 0.15) is 11.5 Å². The van der Waals surface area contributed by atoms with E-state index in [1.807, 2.05) is 29.2 Å². The zero-order valence-corrected chi connectivity index (χ0v) is 29.5. The summed E-state index contributed by atoms with van der Waals surface area (Å²) < 4.78 is 32.2. The highest BCUT2D eigenvalue weighted by atomic mass is 28.3. The zero-order chi connectivity index (χ0) is 33.7. The lowest BCUT2D eigenvalue weighted by atomic mass is 10.0. The topological polar surface area (TPSA) is 88.3 Å². The van der Waals surface area contributed by atoms with Gasteiger partial charge in [-0.3, -0.25) is 4.79 Å². The van der Waals surface area contributed by atoms with Crippen molar-refractivity contribution in [3.8, 4) is 0 Å². The molecule has 0 radical (unpaired) electrons. The second-order valence-corrected chi connectivity index (χ2v) is 20.6. The smallest absolute Gasteiger partial charge is 0.241 e. The molecule has 8 nitrogen and oxygen atoms in total. The van der Waals surface area contributed by atoms with E-state index in [-0.39, 0.29) is 35.8 Å². The number of aromatic amines is 1. The fourth-order valence-corrected chi connectivity index (χ4v) is 10.4. The van der Waals surface area contributed by atoms with Gasteiger partial charge in [0.2, 0.25) is 5.91 Å². The lowest BCUT2D eigenvalue weighted by Gasteiger charge is -2.38. The number of halogens is 2. The highest BCUT2D eigenvalue weighted by molar-refractivity contribution is 6.77. The summed E-state index contributed by atoms with van der Waals surface area (Å²) in [6.45, 7) is 7.97. The lowest BCUT2D eigenvalue weighted by molar-refractivity contribution is -0.117. The van der Waals surface area contributed by atoms with Crippen LogP contribution in [0.3, 0.4) is 0 Å². The Morgan fingerprint density at radius 2 is 1.53 bits per heavy atom. The maximum absolute atomic E-state index is 16.1. The number of H-pyrrole nitrogens is 1. The Balaban J connectivity index is 1.12. The minimum absolute atomic E-state index is 0.0143. The van der Waals surface area contributed by atoms with E-state index in [9.17, 15) is 4.79 Å². The first kappa shape index (κ1) is 32.4. The van der Waals surface area contributed by atoms with Crippen molar-refractivity contribution in [2.45, 2.75) is 87.9 Å². The van der Waals surface area contributed by atoms with Crippen LogP contribution in [0.15, 0.2) is 54.6 Å². The maximum Gasteiger partial charge on any atom is 0.241 e. The number of aromatic nitrogens is 2. The van der Waals surface area contributed by atoms with E-state index in [0.717, 1.165) is 97.4 Å². The minimum atomic E-state index is -1.30. The number of carbonyl (C=O) groups is 1. The summed E-state index contributed by atoms with van der Waals surface area (Å²) in [5, 5.41) is 9.82. The summed E-state index contributed by atoms with van der Waals surface area (Å²) in [5.74, 6) is -0.0566. The standard InChI is InChI=1S/C38H47F2N7OSi/c1-49(2)19-17-46(18-20-49)36-28(39)22-27(23-29(36)40)47-34(24-7-10-26(11-8-24)43-38(48)32-6-4-16-42-32)13-14-35(47)25-9-12-30-33(21-25)45-37(44-30)31-5-3-15-41-31/h7-12,21-23,31-32,34-35,41-42H,3-6,13-20H2,1-2H3,(H,43,48)(H,44,45)/t31?,32-,34-,35-/m0/s1. The van der Waals surface area contributed by atoms with Crippen LogP contribution in [0.25, 0.3) is 11.0 Å². The van der Waals surface area contributed by atoms with Crippen molar-refractivity contribution in [2.75, 3.05) is 41.3 Å². The number of hydrogen-bond acceptors (Lipinski definition) is 6. The van der Waals surface area contributed by atoms with Crippen molar-refractivity contribution in [1.82, 2.24) is 20.6 Å². The number of rotatable bonds is 7. The summed E-state index contributed by atoms with van der Waals surface area (Å²) in [7, 11) is -1.30. The van der Waals surface area contributed by atoms with Gasteiger partial charge in [-0.25, -0.2) is 13.8 Å². The predicted octanol–water partition coefficient (Wildman–Crippen LogP) is 7.57. The molecule has 0 spiro atoms. The number of carbonyl (C=O) groups excluding carboxylic acids is 1. The molecule has 1 unspecified atom stereocenters. The number of anilines is 3. The van der Waals surface area contributed by atoms with Gasteiger partial charge in [-0.2, -0.15) is 0 Å². The molecule has 258 valence electrons. The SMILES string of the molecule is C[Si]1(C)CCN(c2c(F)cc(N3[C@H](c4ccc(NC(=O)[C@@H]5CCCN5)cc4)CC[C@H]3c3ccc4nc(C5CCCN5)[nH]c4c3)cc2F)CC1. The van der Waals surface area contributed by atoms with E-state index in [1.165, 1.54) is 0 Å². The van der Waals surface area contributed by atoms with Gasteiger partial charge in [0.15, 0.2) is 11.6 Å². The first-order chi connectivity index (χ1) is 23.7. The summed E-state index contributed by atoms with van der Waals surface area (Å²) >= 11 is 0. The zero-order valence-electron chi connectivity index (χ0n) is 28.5. The molecule has 0 saturated carbocycles. The molecule has 5 heterocycles. The van der Waals surface area contributed by atoms with Crippen LogP contribution in [-0.2, 0) is 4.79 Å². The van der Waals surface area contributed by atoms with Crippen LogP contribution < -0.4 is 25.8 Å². The largest absolute Gasteiger partial charge is 0.367 e. The number of amides is 1. The highest BCUT2D eigenvalue weighted by Crippen LogP contribution is 2.48. The Morgan fingerprint density at radius 1 is 0.857 bits per heavy atom. The quantitative estimate of drug-likeness (QED) is 0.150. The molecule has 0 aliphatic carbocycles. The third-order valence-corrected chi connectivity index (χ3v) is 14.5. The Bertz CT molecular complexity index is 1800. The van der Waals surface area contributed by atoms with E-state index in [2.05, 4.69) is 57.1 Å². The monoisotopic (exact) mass is 683 g/mol.